The van der Waals surface area contributed by atoms with E-state index in [1.165, 1.54) is 0 Å². The van der Waals surface area contributed by atoms with Crippen LogP contribution < -0.4 is 21.7 Å². The minimum Gasteiger partial charge on any atom is -0.465 e. The van der Waals surface area contributed by atoms with Crippen LogP contribution in [-0.2, 0) is 14.4 Å². The lowest BCUT2D eigenvalue weighted by atomic mass is 9.91. The van der Waals surface area contributed by atoms with Crippen LogP contribution in [0.3, 0.4) is 0 Å². The second-order valence-electron chi connectivity index (χ2n) is 7.35. The summed E-state index contributed by atoms with van der Waals surface area (Å²) in [6.45, 7) is 2.58. The van der Waals surface area contributed by atoms with E-state index in [1.807, 2.05) is 6.92 Å². The van der Waals surface area contributed by atoms with E-state index >= 15 is 0 Å². The predicted molar refractivity (Wildman–Crippen MR) is 88.4 cm³/mol. The van der Waals surface area contributed by atoms with E-state index in [2.05, 4.69) is 16.0 Å². The van der Waals surface area contributed by atoms with Crippen LogP contribution in [-0.4, -0.2) is 47.5 Å². The summed E-state index contributed by atoms with van der Waals surface area (Å²) in [6, 6.07) is -1.96. The van der Waals surface area contributed by atoms with E-state index in [9.17, 15) is 19.2 Å². The molecule has 1 aliphatic heterocycles. The number of carbonyl (C=O) groups excluding carboxylic acids is 3. The standard InChI is InChI=1S/C16H26N4O5/c1-16(4-5-16)8-11(20-15(24)25)14(23)19-10(12(17)21)7-9-3-2-6-18-13(9)22/h9-11,20H,2-8H2,1H3,(H2,17,21)(H,18,22)(H,19,23)(H,24,25). The molecule has 2 fully saturated rings. The number of carboxylic acid groups (broad SMARTS) is 1. The molecule has 0 aromatic rings. The Morgan fingerprint density at radius 3 is 2.52 bits per heavy atom. The van der Waals surface area contributed by atoms with Crippen molar-refractivity contribution >= 4 is 23.8 Å². The van der Waals surface area contributed by atoms with E-state index in [1.54, 1.807) is 0 Å². The monoisotopic (exact) mass is 354 g/mol. The number of hydrogen-bond donors (Lipinski definition) is 5. The topological polar surface area (TPSA) is 151 Å². The molecule has 140 valence electrons. The first kappa shape index (κ1) is 19.0. The lowest BCUT2D eigenvalue weighted by Gasteiger charge is -2.27. The van der Waals surface area contributed by atoms with Gasteiger partial charge in [0.05, 0.1) is 0 Å². The molecule has 0 spiro atoms. The van der Waals surface area contributed by atoms with Gasteiger partial charge in [-0.15, -0.1) is 0 Å². The number of primary amides is 1. The van der Waals surface area contributed by atoms with Gasteiger partial charge < -0.3 is 26.8 Å². The molecule has 0 radical (unpaired) electrons. The SMILES string of the molecule is CC1(CC(NC(=O)O)C(=O)NC(CC2CCCNC2=O)C(N)=O)CC1. The Balaban J connectivity index is 1.99. The zero-order valence-electron chi connectivity index (χ0n) is 14.3. The van der Waals surface area contributed by atoms with Gasteiger partial charge in [0.1, 0.15) is 12.1 Å². The van der Waals surface area contributed by atoms with Gasteiger partial charge in [-0.3, -0.25) is 14.4 Å². The molecule has 0 bridgehead atoms. The van der Waals surface area contributed by atoms with E-state index in [0.717, 1.165) is 19.3 Å². The second kappa shape index (κ2) is 7.71. The van der Waals surface area contributed by atoms with Crippen molar-refractivity contribution in [3.8, 4) is 0 Å². The Kier molecular flexibility index (Phi) is 5.86. The quantitative estimate of drug-likeness (QED) is 0.405. The van der Waals surface area contributed by atoms with E-state index in [4.69, 9.17) is 10.8 Å². The molecule has 1 saturated heterocycles. The molecule has 3 unspecified atom stereocenters. The number of nitrogens with one attached hydrogen (secondary N) is 3. The van der Waals surface area contributed by atoms with Gasteiger partial charge in [0.25, 0.3) is 0 Å². The average molecular weight is 354 g/mol. The zero-order valence-corrected chi connectivity index (χ0v) is 14.3. The van der Waals surface area contributed by atoms with Gasteiger partial charge in [-0.2, -0.15) is 0 Å². The minimum atomic E-state index is -1.30. The third kappa shape index (κ3) is 5.61. The first-order valence-corrected chi connectivity index (χ1v) is 8.57. The van der Waals surface area contributed by atoms with Gasteiger partial charge in [-0.1, -0.05) is 6.92 Å². The molecular weight excluding hydrogens is 328 g/mol. The summed E-state index contributed by atoms with van der Waals surface area (Å²) in [5.74, 6) is -1.87. The minimum absolute atomic E-state index is 0.0596. The predicted octanol–water partition coefficient (Wildman–Crippen LogP) is -0.301. The summed E-state index contributed by atoms with van der Waals surface area (Å²) in [4.78, 5) is 47.0. The Labute approximate surface area is 146 Å². The fourth-order valence-electron chi connectivity index (χ4n) is 3.13. The number of carbonyl (C=O) groups is 4. The van der Waals surface area contributed by atoms with Crippen molar-refractivity contribution in [3.05, 3.63) is 0 Å². The molecule has 2 aliphatic rings. The number of nitrogens with two attached hydrogens (primary N) is 1. The molecule has 9 heteroatoms. The number of rotatable bonds is 8. The van der Waals surface area contributed by atoms with Gasteiger partial charge >= 0.3 is 6.09 Å². The fraction of sp³-hybridized carbons (Fsp3) is 0.750. The summed E-state index contributed by atoms with van der Waals surface area (Å²) in [5.41, 5.74) is 5.31. The van der Waals surface area contributed by atoms with Crippen LogP contribution in [0.5, 0.6) is 0 Å². The van der Waals surface area contributed by atoms with E-state index in [0.29, 0.717) is 19.4 Å². The summed E-state index contributed by atoms with van der Waals surface area (Å²) in [7, 11) is 0. The van der Waals surface area contributed by atoms with Crippen LogP contribution in [0.2, 0.25) is 0 Å². The molecule has 2 rings (SSSR count). The van der Waals surface area contributed by atoms with Crippen molar-refractivity contribution in [2.45, 2.75) is 57.5 Å². The highest BCUT2D eigenvalue weighted by Gasteiger charge is 2.42. The third-order valence-corrected chi connectivity index (χ3v) is 4.99. The van der Waals surface area contributed by atoms with Crippen LogP contribution in [0.15, 0.2) is 0 Å². The number of hydrogen-bond acceptors (Lipinski definition) is 4. The summed E-state index contributed by atoms with van der Waals surface area (Å²) in [6.07, 6.45) is 2.47. The number of piperidine rings is 1. The van der Waals surface area contributed by atoms with Crippen LogP contribution >= 0.6 is 0 Å². The fourth-order valence-corrected chi connectivity index (χ4v) is 3.13. The molecule has 0 aromatic carbocycles. The summed E-state index contributed by atoms with van der Waals surface area (Å²) < 4.78 is 0. The van der Waals surface area contributed by atoms with Crippen LogP contribution in [0.1, 0.15) is 45.4 Å². The van der Waals surface area contributed by atoms with Gasteiger partial charge in [0.15, 0.2) is 0 Å². The van der Waals surface area contributed by atoms with Crippen molar-refractivity contribution in [3.63, 3.8) is 0 Å². The van der Waals surface area contributed by atoms with Crippen molar-refractivity contribution in [1.29, 1.82) is 0 Å². The van der Waals surface area contributed by atoms with Crippen LogP contribution in [0.25, 0.3) is 0 Å². The second-order valence-corrected chi connectivity index (χ2v) is 7.35. The summed E-state index contributed by atoms with van der Waals surface area (Å²) >= 11 is 0. The molecule has 4 amide bonds. The highest BCUT2D eigenvalue weighted by Crippen LogP contribution is 2.48. The summed E-state index contributed by atoms with van der Waals surface area (Å²) in [5, 5.41) is 16.4. The molecule has 1 heterocycles. The average Bonchev–Trinajstić information content (AvgIpc) is 3.24. The normalized spacial score (nSPS) is 23.7. The van der Waals surface area contributed by atoms with Crippen LogP contribution in [0, 0.1) is 11.3 Å². The number of amides is 4. The molecule has 3 atom stereocenters. The van der Waals surface area contributed by atoms with Crippen molar-refractivity contribution in [1.82, 2.24) is 16.0 Å². The molecule has 9 nitrogen and oxygen atoms in total. The lowest BCUT2D eigenvalue weighted by Crippen LogP contribution is -2.54. The molecule has 25 heavy (non-hydrogen) atoms. The van der Waals surface area contributed by atoms with Crippen molar-refractivity contribution in [2.75, 3.05) is 6.54 Å². The Hall–Kier alpha value is -2.32. The van der Waals surface area contributed by atoms with E-state index < -0.39 is 35.9 Å². The lowest BCUT2D eigenvalue weighted by molar-refractivity contribution is -0.131. The first-order chi connectivity index (χ1) is 11.7. The molecule has 6 N–H and O–H groups in total. The zero-order chi connectivity index (χ0) is 18.6. The molecular formula is C16H26N4O5. The van der Waals surface area contributed by atoms with Crippen LogP contribution in [0.4, 0.5) is 4.79 Å². The smallest absolute Gasteiger partial charge is 0.405 e. The van der Waals surface area contributed by atoms with Crippen molar-refractivity contribution < 1.29 is 24.3 Å². The van der Waals surface area contributed by atoms with Gasteiger partial charge in [-0.25, -0.2) is 4.79 Å². The largest absolute Gasteiger partial charge is 0.465 e. The van der Waals surface area contributed by atoms with Gasteiger partial charge in [0, 0.05) is 12.5 Å². The van der Waals surface area contributed by atoms with Gasteiger partial charge in [-0.05, 0) is 43.9 Å². The highest BCUT2D eigenvalue weighted by atomic mass is 16.4. The molecule has 1 saturated carbocycles. The van der Waals surface area contributed by atoms with Gasteiger partial charge in [0.2, 0.25) is 17.7 Å². The Morgan fingerprint density at radius 2 is 2.00 bits per heavy atom. The maximum atomic E-state index is 12.5. The first-order valence-electron chi connectivity index (χ1n) is 8.57. The molecule has 0 aromatic heterocycles. The maximum Gasteiger partial charge on any atom is 0.405 e. The highest BCUT2D eigenvalue weighted by molar-refractivity contribution is 5.91. The van der Waals surface area contributed by atoms with E-state index in [-0.39, 0.29) is 17.7 Å². The maximum absolute atomic E-state index is 12.5. The Bertz CT molecular complexity index is 561. The molecule has 1 aliphatic carbocycles. The van der Waals surface area contributed by atoms with Crippen molar-refractivity contribution in [2.24, 2.45) is 17.1 Å². The third-order valence-electron chi connectivity index (χ3n) is 4.99. The Morgan fingerprint density at radius 1 is 1.32 bits per heavy atom.